The lowest BCUT2D eigenvalue weighted by Gasteiger charge is -2.02. The van der Waals surface area contributed by atoms with Crippen LogP contribution in [-0.2, 0) is 0 Å². The average molecular weight is 342 g/mol. The first-order valence-corrected chi connectivity index (χ1v) is 6.85. The molecule has 0 saturated carbocycles. The van der Waals surface area contributed by atoms with Gasteiger partial charge in [0.25, 0.3) is 0 Å². The maximum absolute atomic E-state index is 12.3. The second-order valence-electron chi connectivity index (χ2n) is 3.64. The molecule has 0 bridgehead atoms. The summed E-state index contributed by atoms with van der Waals surface area (Å²) in [5, 5.41) is 0. The molecule has 0 unspecified atom stereocenters. The monoisotopic (exact) mass is 342 g/mol. The molecule has 1 nitrogen and oxygen atoms in total. The lowest BCUT2D eigenvalue weighted by Crippen LogP contribution is -2.03. The number of aryl methyl sites for hydroxylation is 2. The Hall–Kier alpha value is -0.680. The third kappa shape index (κ3) is 2.20. The molecule has 0 N–H and O–H groups in total. The number of ketones is 1. The number of hydrogen-bond acceptors (Lipinski definition) is 2. The quantitative estimate of drug-likeness (QED) is 0.591. The lowest BCUT2D eigenvalue weighted by molar-refractivity contribution is 0.103. The van der Waals surface area contributed by atoms with Gasteiger partial charge in [0, 0.05) is 24.5 Å². The Bertz CT molecular complexity index is 543. The summed E-state index contributed by atoms with van der Waals surface area (Å²) in [7, 11) is 0. The number of halogens is 1. The first kappa shape index (κ1) is 11.8. The molecule has 82 valence electrons. The molecule has 0 spiro atoms. The van der Waals surface area contributed by atoms with Crippen LogP contribution >= 0.6 is 33.9 Å². The smallest absolute Gasteiger partial charge is 0.195 e. The average Bonchev–Trinajstić information content (AvgIpc) is 2.58. The van der Waals surface area contributed by atoms with Crippen molar-refractivity contribution in [1.82, 2.24) is 0 Å². The molecule has 0 aliphatic carbocycles. The van der Waals surface area contributed by atoms with Gasteiger partial charge in [0.15, 0.2) is 5.78 Å². The maximum atomic E-state index is 12.3. The van der Waals surface area contributed by atoms with E-state index in [0.29, 0.717) is 0 Å². The molecule has 1 heterocycles. The maximum Gasteiger partial charge on any atom is 0.195 e. The summed E-state index contributed by atoms with van der Waals surface area (Å²) < 4.78 is 1.01. The van der Waals surface area contributed by atoms with Crippen LogP contribution < -0.4 is 0 Å². The molecule has 0 saturated heterocycles. The molecular weight excluding hydrogens is 331 g/mol. The fourth-order valence-corrected chi connectivity index (χ4v) is 3.20. The molecular formula is C13H11IOS. The molecule has 0 atom stereocenters. The molecule has 0 fully saturated rings. The first-order chi connectivity index (χ1) is 7.59. The van der Waals surface area contributed by atoms with E-state index in [1.54, 1.807) is 11.3 Å². The van der Waals surface area contributed by atoms with E-state index >= 15 is 0 Å². The van der Waals surface area contributed by atoms with Crippen LogP contribution in [0.4, 0.5) is 0 Å². The summed E-state index contributed by atoms with van der Waals surface area (Å²) in [5.74, 6) is 0.131. The highest BCUT2D eigenvalue weighted by molar-refractivity contribution is 14.1. The van der Waals surface area contributed by atoms with Crippen LogP contribution in [0.1, 0.15) is 25.7 Å². The number of rotatable bonds is 2. The summed E-state index contributed by atoms with van der Waals surface area (Å²) in [6.07, 6.45) is 0. The van der Waals surface area contributed by atoms with Crippen molar-refractivity contribution in [2.24, 2.45) is 0 Å². The summed E-state index contributed by atoms with van der Waals surface area (Å²) >= 11 is 3.88. The third-order valence-electron chi connectivity index (χ3n) is 2.40. The number of thiophene rings is 1. The largest absolute Gasteiger partial charge is 0.289 e. The van der Waals surface area contributed by atoms with E-state index in [-0.39, 0.29) is 5.78 Å². The van der Waals surface area contributed by atoms with Gasteiger partial charge in [-0.3, -0.25) is 4.79 Å². The fourth-order valence-electron chi connectivity index (χ4n) is 1.65. The number of carbonyl (C=O) groups is 1. The minimum absolute atomic E-state index is 0.131. The van der Waals surface area contributed by atoms with Crippen LogP contribution in [-0.4, -0.2) is 5.78 Å². The summed E-state index contributed by atoms with van der Waals surface area (Å²) in [4.78, 5) is 14.6. The van der Waals surface area contributed by atoms with E-state index < -0.39 is 0 Å². The predicted molar refractivity (Wildman–Crippen MR) is 76.4 cm³/mol. The summed E-state index contributed by atoms with van der Waals surface area (Å²) in [5.41, 5.74) is 1.63. The third-order valence-corrected chi connectivity index (χ3v) is 4.31. The van der Waals surface area contributed by atoms with Crippen LogP contribution in [0, 0.1) is 17.4 Å². The van der Waals surface area contributed by atoms with Crippen LogP contribution in [0.25, 0.3) is 0 Å². The van der Waals surface area contributed by atoms with Crippen LogP contribution in [0.3, 0.4) is 0 Å². The van der Waals surface area contributed by atoms with E-state index in [1.807, 2.05) is 44.2 Å². The Morgan fingerprint density at radius 1 is 1.19 bits per heavy atom. The van der Waals surface area contributed by atoms with Gasteiger partial charge in [0.1, 0.15) is 0 Å². The Morgan fingerprint density at radius 2 is 1.88 bits per heavy atom. The van der Waals surface area contributed by atoms with Crippen molar-refractivity contribution in [2.45, 2.75) is 13.8 Å². The zero-order valence-corrected chi connectivity index (χ0v) is 12.1. The van der Waals surface area contributed by atoms with E-state index in [4.69, 9.17) is 0 Å². The lowest BCUT2D eigenvalue weighted by atomic mass is 10.0. The number of hydrogen-bond donors (Lipinski definition) is 0. The van der Waals surface area contributed by atoms with Crippen LogP contribution in [0.2, 0.25) is 0 Å². The zero-order valence-electron chi connectivity index (χ0n) is 9.08. The molecule has 2 aromatic rings. The van der Waals surface area contributed by atoms with Gasteiger partial charge in [0.2, 0.25) is 0 Å². The topological polar surface area (TPSA) is 17.1 Å². The van der Waals surface area contributed by atoms with Crippen molar-refractivity contribution in [3.63, 3.8) is 0 Å². The zero-order chi connectivity index (χ0) is 11.7. The number of benzene rings is 1. The molecule has 0 aliphatic heterocycles. The highest BCUT2D eigenvalue weighted by Gasteiger charge is 2.15. The standard InChI is InChI=1S/C13H11IOS/c1-8-7-11(9(2)16-8)13(15)10-5-3-4-6-12(10)14/h3-7H,1-2H3. The number of carbonyl (C=O) groups excluding carboxylic acids is 1. The summed E-state index contributed by atoms with van der Waals surface area (Å²) in [6, 6.07) is 9.68. The van der Waals surface area contributed by atoms with Gasteiger partial charge >= 0.3 is 0 Å². The molecule has 1 aromatic heterocycles. The van der Waals surface area contributed by atoms with Crippen molar-refractivity contribution < 1.29 is 4.79 Å². The molecule has 0 amide bonds. The Morgan fingerprint density at radius 3 is 2.44 bits per heavy atom. The second kappa shape index (κ2) is 4.67. The minimum Gasteiger partial charge on any atom is -0.289 e. The Kier molecular flexibility index (Phi) is 3.44. The van der Waals surface area contributed by atoms with Gasteiger partial charge in [-0.1, -0.05) is 12.1 Å². The van der Waals surface area contributed by atoms with Crippen molar-refractivity contribution in [2.75, 3.05) is 0 Å². The molecule has 0 radical (unpaired) electrons. The van der Waals surface area contributed by atoms with Gasteiger partial charge in [-0.15, -0.1) is 11.3 Å². The molecule has 1 aromatic carbocycles. The van der Waals surface area contributed by atoms with Crippen molar-refractivity contribution in [1.29, 1.82) is 0 Å². The van der Waals surface area contributed by atoms with Gasteiger partial charge in [0.05, 0.1) is 0 Å². The van der Waals surface area contributed by atoms with Gasteiger partial charge < -0.3 is 0 Å². The van der Waals surface area contributed by atoms with Crippen molar-refractivity contribution in [3.05, 3.63) is 54.8 Å². The predicted octanol–water partition coefficient (Wildman–Crippen LogP) is 4.20. The van der Waals surface area contributed by atoms with Crippen molar-refractivity contribution >= 4 is 39.7 Å². The van der Waals surface area contributed by atoms with E-state index in [1.165, 1.54) is 4.88 Å². The minimum atomic E-state index is 0.131. The van der Waals surface area contributed by atoms with Gasteiger partial charge in [-0.05, 0) is 54.6 Å². The Labute approximate surface area is 113 Å². The highest BCUT2D eigenvalue weighted by atomic mass is 127. The van der Waals surface area contributed by atoms with Crippen molar-refractivity contribution in [3.8, 4) is 0 Å². The second-order valence-corrected chi connectivity index (χ2v) is 6.26. The molecule has 3 heteroatoms. The SMILES string of the molecule is Cc1cc(C(=O)c2ccccc2I)c(C)s1. The van der Waals surface area contributed by atoms with E-state index in [2.05, 4.69) is 22.6 Å². The summed E-state index contributed by atoms with van der Waals surface area (Å²) in [6.45, 7) is 4.03. The van der Waals surface area contributed by atoms with E-state index in [9.17, 15) is 4.79 Å². The molecule has 0 aliphatic rings. The fraction of sp³-hybridized carbons (Fsp3) is 0.154. The Balaban J connectivity index is 2.47. The van der Waals surface area contributed by atoms with E-state index in [0.717, 1.165) is 19.6 Å². The molecule has 2 rings (SSSR count). The van der Waals surface area contributed by atoms with Gasteiger partial charge in [-0.2, -0.15) is 0 Å². The van der Waals surface area contributed by atoms with Crippen LogP contribution in [0.5, 0.6) is 0 Å². The normalized spacial score (nSPS) is 10.4. The van der Waals surface area contributed by atoms with Crippen LogP contribution in [0.15, 0.2) is 30.3 Å². The first-order valence-electron chi connectivity index (χ1n) is 4.96. The molecule has 16 heavy (non-hydrogen) atoms. The van der Waals surface area contributed by atoms with Gasteiger partial charge in [-0.25, -0.2) is 0 Å². The highest BCUT2D eigenvalue weighted by Crippen LogP contribution is 2.24.